The minimum absolute atomic E-state index is 0.0911. The van der Waals surface area contributed by atoms with Crippen LogP contribution >= 0.6 is 7.82 Å². The number of carbonyl (C=O) groups excluding carboxylic acids is 1. The van der Waals surface area contributed by atoms with E-state index in [4.69, 9.17) is 18.5 Å². The first-order valence-corrected chi connectivity index (χ1v) is 32.6. The molecule has 2 unspecified atom stereocenters. The summed E-state index contributed by atoms with van der Waals surface area (Å²) in [7, 11) is 1.68. The fraction of sp³-hybridized carbons (Fsp3) is 0.919. The second-order valence-corrected chi connectivity index (χ2v) is 23.9. The number of unbranched alkanes of at least 4 members (excludes halogenated alkanes) is 41. The van der Waals surface area contributed by atoms with Crippen molar-refractivity contribution in [2.24, 2.45) is 0 Å². The highest BCUT2D eigenvalue weighted by atomic mass is 31.2. The third-order valence-electron chi connectivity index (χ3n) is 14.0. The SMILES string of the molecule is CCCCCCCCCC/C=C\CCCCCCCCCCCCCCCC(=O)OC(COCCCCCCCCCCCCCC/C=C\CCCCCCCCCC)COP(=O)(O)OCC[N+](C)(C)C. The van der Waals surface area contributed by atoms with Crippen molar-refractivity contribution in [3.05, 3.63) is 24.3 Å². The van der Waals surface area contributed by atoms with Crippen LogP contribution in [0.5, 0.6) is 0 Å². The van der Waals surface area contributed by atoms with Crippen molar-refractivity contribution >= 4 is 13.8 Å². The first-order chi connectivity index (χ1) is 34.6. The van der Waals surface area contributed by atoms with Crippen molar-refractivity contribution in [2.75, 3.05) is 54.1 Å². The molecule has 8 nitrogen and oxygen atoms in total. The van der Waals surface area contributed by atoms with E-state index in [2.05, 4.69) is 38.2 Å². The fourth-order valence-corrected chi connectivity index (χ4v) is 9.94. The molecule has 1 N–H and O–H groups in total. The van der Waals surface area contributed by atoms with Gasteiger partial charge in [0.1, 0.15) is 19.3 Å². The monoisotopic (exact) mass is 1020 g/mol. The fourth-order valence-electron chi connectivity index (χ4n) is 9.19. The molecule has 0 aliphatic carbocycles. The van der Waals surface area contributed by atoms with Gasteiger partial charge in [0, 0.05) is 13.0 Å². The number of allylic oxidation sites excluding steroid dienone is 4. The van der Waals surface area contributed by atoms with Gasteiger partial charge in [0.25, 0.3) is 0 Å². The minimum atomic E-state index is -4.28. The molecule has 2 atom stereocenters. The van der Waals surface area contributed by atoms with Gasteiger partial charge in [0.05, 0.1) is 34.4 Å². The van der Waals surface area contributed by atoms with Crippen LogP contribution in [0.3, 0.4) is 0 Å². The standard InChI is InChI=1S/C62H122NO7P/c1-6-8-10-12-14-16-18-20-22-24-26-28-30-32-33-35-37-39-41-43-45-47-49-51-53-55-62(64)70-61(60-69-71(65,66)68-58-56-63(3,4)5)59-67-57-54-52-50-48-46-44-42-40-38-36-34-31-29-27-25-23-21-19-17-15-13-11-9-7-2/h24-27,61H,6-23,28-60H2,1-5H3/p+1/b26-24-,27-25-. The highest BCUT2D eigenvalue weighted by molar-refractivity contribution is 7.47. The highest BCUT2D eigenvalue weighted by Crippen LogP contribution is 2.43. The van der Waals surface area contributed by atoms with Crippen LogP contribution in [0.4, 0.5) is 0 Å². The molecule has 0 aromatic heterocycles. The number of quaternary nitrogens is 1. The molecule has 71 heavy (non-hydrogen) atoms. The highest BCUT2D eigenvalue weighted by Gasteiger charge is 2.26. The van der Waals surface area contributed by atoms with E-state index in [1.54, 1.807) is 0 Å². The Balaban J connectivity index is 4.00. The lowest BCUT2D eigenvalue weighted by Crippen LogP contribution is -2.37. The summed E-state index contributed by atoms with van der Waals surface area (Å²) in [5.41, 5.74) is 0. The van der Waals surface area contributed by atoms with E-state index in [0.717, 1.165) is 32.1 Å². The molecule has 0 aromatic carbocycles. The molecule has 0 saturated heterocycles. The van der Waals surface area contributed by atoms with Gasteiger partial charge < -0.3 is 18.9 Å². The van der Waals surface area contributed by atoms with E-state index in [9.17, 15) is 14.3 Å². The molecule has 0 aliphatic heterocycles. The predicted molar refractivity (Wildman–Crippen MR) is 307 cm³/mol. The van der Waals surface area contributed by atoms with E-state index >= 15 is 0 Å². The summed E-state index contributed by atoms with van der Waals surface area (Å²) in [6.45, 7) is 5.69. The van der Waals surface area contributed by atoms with E-state index in [-0.39, 0.29) is 25.8 Å². The molecule has 0 amide bonds. The Morgan fingerprint density at radius 1 is 0.423 bits per heavy atom. The van der Waals surface area contributed by atoms with Gasteiger partial charge in [-0.2, -0.15) is 0 Å². The van der Waals surface area contributed by atoms with Crippen molar-refractivity contribution in [1.82, 2.24) is 0 Å². The van der Waals surface area contributed by atoms with Crippen molar-refractivity contribution in [3.63, 3.8) is 0 Å². The van der Waals surface area contributed by atoms with Gasteiger partial charge in [0.15, 0.2) is 0 Å². The Bertz CT molecular complexity index is 1190. The van der Waals surface area contributed by atoms with E-state index in [1.807, 2.05) is 21.1 Å². The lowest BCUT2D eigenvalue weighted by molar-refractivity contribution is -0.870. The van der Waals surface area contributed by atoms with E-state index < -0.39 is 13.9 Å². The zero-order valence-corrected chi connectivity index (χ0v) is 49.1. The molecule has 0 aliphatic rings. The van der Waals surface area contributed by atoms with Gasteiger partial charge in [-0.25, -0.2) is 4.57 Å². The summed E-state index contributed by atoms with van der Waals surface area (Å²) in [5, 5.41) is 0. The molecular weight excluding hydrogens is 902 g/mol. The maximum Gasteiger partial charge on any atom is 0.472 e. The predicted octanol–water partition coefficient (Wildman–Crippen LogP) is 19.9. The second kappa shape index (κ2) is 55.2. The zero-order valence-electron chi connectivity index (χ0n) is 48.2. The van der Waals surface area contributed by atoms with Crippen LogP contribution in [0.1, 0.15) is 309 Å². The van der Waals surface area contributed by atoms with Crippen molar-refractivity contribution in [1.29, 1.82) is 0 Å². The lowest BCUT2D eigenvalue weighted by Gasteiger charge is -2.24. The third kappa shape index (κ3) is 59.7. The van der Waals surface area contributed by atoms with Gasteiger partial charge in [0.2, 0.25) is 0 Å². The Morgan fingerprint density at radius 3 is 1.07 bits per heavy atom. The molecule has 0 radical (unpaired) electrons. The average molecular weight is 1030 g/mol. The summed E-state index contributed by atoms with van der Waals surface area (Å²) >= 11 is 0. The van der Waals surface area contributed by atoms with Gasteiger partial charge in [-0.3, -0.25) is 13.8 Å². The normalized spacial score (nSPS) is 13.5. The number of phosphoric ester groups is 1. The van der Waals surface area contributed by atoms with Crippen LogP contribution in [0.15, 0.2) is 24.3 Å². The molecule has 0 fully saturated rings. The van der Waals surface area contributed by atoms with Crippen molar-refractivity contribution in [2.45, 2.75) is 315 Å². The maximum absolute atomic E-state index is 12.8. The van der Waals surface area contributed by atoms with E-state index in [1.165, 1.54) is 257 Å². The van der Waals surface area contributed by atoms with Crippen LogP contribution in [0.25, 0.3) is 0 Å². The number of hydrogen-bond donors (Lipinski definition) is 1. The van der Waals surface area contributed by atoms with Gasteiger partial charge in [-0.1, -0.05) is 263 Å². The Kier molecular flexibility index (Phi) is 54.4. The summed E-state index contributed by atoms with van der Waals surface area (Å²) in [4.78, 5) is 23.1. The number of phosphoric acid groups is 1. The number of likely N-dealkylation sites (N-methyl/N-ethyl adjacent to an activating group) is 1. The number of esters is 1. The molecule has 0 rings (SSSR count). The molecular formula is C62H123NO7P+. The minimum Gasteiger partial charge on any atom is -0.457 e. The van der Waals surface area contributed by atoms with Gasteiger partial charge >= 0.3 is 13.8 Å². The Morgan fingerprint density at radius 2 is 0.732 bits per heavy atom. The quantitative estimate of drug-likeness (QED) is 0.0213. The number of carbonyl (C=O) groups is 1. The van der Waals surface area contributed by atoms with Gasteiger partial charge in [-0.05, 0) is 64.2 Å². The molecule has 0 spiro atoms. The summed E-state index contributed by atoms with van der Waals surface area (Å²) in [5.74, 6) is -0.307. The van der Waals surface area contributed by atoms with Crippen molar-refractivity contribution in [3.8, 4) is 0 Å². The first-order valence-electron chi connectivity index (χ1n) is 31.1. The maximum atomic E-state index is 12.8. The van der Waals surface area contributed by atoms with Crippen LogP contribution in [-0.2, 0) is 27.9 Å². The summed E-state index contributed by atoms with van der Waals surface area (Å²) in [6.07, 6.45) is 68.3. The summed E-state index contributed by atoms with van der Waals surface area (Å²) in [6, 6.07) is 0. The molecule has 0 saturated carbocycles. The Hall–Kier alpha value is -1.02. The van der Waals surface area contributed by atoms with Gasteiger partial charge in [-0.15, -0.1) is 0 Å². The molecule has 0 heterocycles. The first kappa shape index (κ1) is 70.0. The molecule has 0 aromatic rings. The van der Waals surface area contributed by atoms with Crippen LogP contribution in [0, 0.1) is 0 Å². The van der Waals surface area contributed by atoms with Crippen LogP contribution in [0.2, 0.25) is 0 Å². The third-order valence-corrected chi connectivity index (χ3v) is 15.0. The van der Waals surface area contributed by atoms with Crippen molar-refractivity contribution < 1.29 is 37.3 Å². The molecule has 9 heteroatoms. The summed E-state index contributed by atoms with van der Waals surface area (Å²) < 4.78 is 35.3. The average Bonchev–Trinajstić information content (AvgIpc) is 3.33. The lowest BCUT2D eigenvalue weighted by atomic mass is 10.0. The largest absolute Gasteiger partial charge is 0.472 e. The molecule has 422 valence electrons. The molecule has 0 bridgehead atoms. The second-order valence-electron chi connectivity index (χ2n) is 22.4. The number of rotatable bonds is 59. The number of nitrogens with zero attached hydrogens (tertiary/aromatic N) is 1. The number of hydrogen-bond acceptors (Lipinski definition) is 6. The number of ether oxygens (including phenoxy) is 2. The smallest absolute Gasteiger partial charge is 0.457 e. The van der Waals surface area contributed by atoms with E-state index in [0.29, 0.717) is 24.1 Å². The zero-order chi connectivity index (χ0) is 51.9. The van der Waals surface area contributed by atoms with Crippen LogP contribution < -0.4 is 0 Å². The Labute approximate surface area is 443 Å². The topological polar surface area (TPSA) is 91.3 Å². The van der Waals surface area contributed by atoms with Crippen LogP contribution in [-0.4, -0.2) is 75.6 Å².